The molecule has 0 spiro atoms. The van der Waals surface area contributed by atoms with Crippen LogP contribution < -0.4 is 10.5 Å². The van der Waals surface area contributed by atoms with Crippen LogP contribution in [-0.4, -0.2) is 21.1 Å². The zero-order chi connectivity index (χ0) is 14.7. The third-order valence-electron chi connectivity index (χ3n) is 2.37. The maximum atomic E-state index is 12.0. The van der Waals surface area contributed by atoms with Crippen LogP contribution >= 0.6 is 11.3 Å². The van der Waals surface area contributed by atoms with E-state index < -0.39 is 22.6 Å². The smallest absolute Gasteiger partial charge is 0.326 e. The molecule has 1 aromatic rings. The molecule has 110 valence electrons. The van der Waals surface area contributed by atoms with Crippen LogP contribution in [0.3, 0.4) is 0 Å². The highest BCUT2D eigenvalue weighted by Gasteiger charge is 2.27. The largest absolute Gasteiger partial charge is 0.389 e. The summed E-state index contributed by atoms with van der Waals surface area (Å²) in [5, 5.41) is 1.66. The van der Waals surface area contributed by atoms with E-state index in [4.69, 9.17) is 5.73 Å². The van der Waals surface area contributed by atoms with Gasteiger partial charge in [0.2, 0.25) is 10.0 Å². The lowest BCUT2D eigenvalue weighted by Gasteiger charge is -2.09. The standard InChI is InChI=1S/C10H15F3N2O2S2/c1-7-6-18-8(5-14)9(7)19(16,17)15-4-2-3-10(11,12)13/h6,15H,2-5,14H2,1H3. The van der Waals surface area contributed by atoms with Gasteiger partial charge in [0.15, 0.2) is 0 Å². The topological polar surface area (TPSA) is 72.2 Å². The second kappa shape index (κ2) is 6.21. The van der Waals surface area contributed by atoms with Crippen LogP contribution in [0.15, 0.2) is 10.3 Å². The molecule has 0 radical (unpaired) electrons. The predicted molar refractivity (Wildman–Crippen MR) is 67.4 cm³/mol. The van der Waals surface area contributed by atoms with E-state index in [1.807, 2.05) is 0 Å². The number of aryl methyl sites for hydroxylation is 1. The van der Waals surface area contributed by atoms with Crippen molar-refractivity contribution in [3.63, 3.8) is 0 Å². The molecule has 0 saturated heterocycles. The molecule has 0 fully saturated rings. The SMILES string of the molecule is Cc1csc(CN)c1S(=O)(=O)NCCCC(F)(F)F. The van der Waals surface area contributed by atoms with Crippen molar-refractivity contribution in [2.75, 3.05) is 6.54 Å². The van der Waals surface area contributed by atoms with Crippen LogP contribution in [0, 0.1) is 6.92 Å². The van der Waals surface area contributed by atoms with E-state index in [9.17, 15) is 21.6 Å². The first-order chi connectivity index (χ1) is 8.67. The molecule has 1 rings (SSSR count). The van der Waals surface area contributed by atoms with Crippen molar-refractivity contribution in [3.05, 3.63) is 15.8 Å². The fourth-order valence-electron chi connectivity index (χ4n) is 1.56. The summed E-state index contributed by atoms with van der Waals surface area (Å²) in [6, 6.07) is 0. The summed E-state index contributed by atoms with van der Waals surface area (Å²) in [6.07, 6.45) is -5.57. The Kier molecular flexibility index (Phi) is 5.36. The number of sulfonamides is 1. The molecule has 0 atom stereocenters. The summed E-state index contributed by atoms with van der Waals surface area (Å²) in [7, 11) is -3.80. The molecular weight excluding hydrogens is 301 g/mol. The summed E-state index contributed by atoms with van der Waals surface area (Å²) in [6.45, 7) is 1.46. The minimum atomic E-state index is -4.27. The average molecular weight is 316 g/mol. The zero-order valence-electron chi connectivity index (χ0n) is 10.3. The molecule has 4 nitrogen and oxygen atoms in total. The Balaban J connectivity index is 2.69. The zero-order valence-corrected chi connectivity index (χ0v) is 11.9. The van der Waals surface area contributed by atoms with Crippen molar-refractivity contribution in [1.82, 2.24) is 4.72 Å². The third-order valence-corrected chi connectivity index (χ3v) is 5.32. The maximum absolute atomic E-state index is 12.0. The Labute approximate surface area is 113 Å². The lowest BCUT2D eigenvalue weighted by atomic mass is 10.3. The van der Waals surface area contributed by atoms with E-state index >= 15 is 0 Å². The van der Waals surface area contributed by atoms with Gasteiger partial charge >= 0.3 is 6.18 Å². The van der Waals surface area contributed by atoms with E-state index in [0.717, 1.165) is 0 Å². The van der Waals surface area contributed by atoms with Crippen molar-refractivity contribution >= 4 is 21.4 Å². The summed E-state index contributed by atoms with van der Waals surface area (Å²) < 4.78 is 61.9. The third kappa shape index (κ3) is 4.75. The van der Waals surface area contributed by atoms with Crippen molar-refractivity contribution in [2.24, 2.45) is 5.73 Å². The van der Waals surface area contributed by atoms with Crippen LogP contribution in [0.25, 0.3) is 0 Å². The number of thiophene rings is 1. The molecule has 1 aromatic heterocycles. The molecule has 0 aromatic carbocycles. The highest BCUT2D eigenvalue weighted by Crippen LogP contribution is 2.26. The Morgan fingerprint density at radius 3 is 2.58 bits per heavy atom. The fourth-order valence-corrected chi connectivity index (χ4v) is 4.33. The number of nitrogens with two attached hydrogens (primary N) is 1. The quantitative estimate of drug-likeness (QED) is 0.790. The van der Waals surface area contributed by atoms with Gasteiger partial charge in [-0.2, -0.15) is 13.2 Å². The van der Waals surface area contributed by atoms with Crippen LogP contribution in [0.2, 0.25) is 0 Å². The molecule has 0 amide bonds. The average Bonchev–Trinajstić information content (AvgIpc) is 2.65. The molecule has 19 heavy (non-hydrogen) atoms. The first-order valence-corrected chi connectivity index (χ1v) is 7.87. The van der Waals surface area contributed by atoms with Crippen LogP contribution in [0.4, 0.5) is 13.2 Å². The van der Waals surface area contributed by atoms with Gasteiger partial charge in [-0.25, -0.2) is 13.1 Å². The van der Waals surface area contributed by atoms with Gasteiger partial charge in [0.05, 0.1) is 0 Å². The van der Waals surface area contributed by atoms with E-state index in [1.165, 1.54) is 11.3 Å². The molecule has 0 bridgehead atoms. The number of hydrogen-bond donors (Lipinski definition) is 2. The lowest BCUT2D eigenvalue weighted by Crippen LogP contribution is -2.27. The summed E-state index contributed by atoms with van der Waals surface area (Å²) in [5.41, 5.74) is 5.99. The van der Waals surface area contributed by atoms with E-state index in [1.54, 1.807) is 12.3 Å². The monoisotopic (exact) mass is 316 g/mol. The minimum Gasteiger partial charge on any atom is -0.326 e. The Morgan fingerprint density at radius 2 is 2.05 bits per heavy atom. The van der Waals surface area contributed by atoms with E-state index in [-0.39, 0.29) is 24.4 Å². The van der Waals surface area contributed by atoms with Crippen molar-refractivity contribution in [2.45, 2.75) is 37.4 Å². The summed E-state index contributed by atoms with van der Waals surface area (Å²) >= 11 is 1.22. The summed E-state index contributed by atoms with van der Waals surface area (Å²) in [4.78, 5) is 0.591. The van der Waals surface area contributed by atoms with Crippen LogP contribution in [-0.2, 0) is 16.6 Å². The van der Waals surface area contributed by atoms with Gasteiger partial charge in [-0.05, 0) is 24.3 Å². The molecular formula is C10H15F3N2O2S2. The van der Waals surface area contributed by atoms with Gasteiger partial charge < -0.3 is 5.73 Å². The Morgan fingerprint density at radius 1 is 1.42 bits per heavy atom. The predicted octanol–water partition coefficient (Wildman–Crippen LogP) is 2.14. The molecule has 0 aliphatic rings. The van der Waals surface area contributed by atoms with E-state index in [2.05, 4.69) is 4.72 Å². The fraction of sp³-hybridized carbons (Fsp3) is 0.600. The van der Waals surface area contributed by atoms with Crippen molar-refractivity contribution in [3.8, 4) is 0 Å². The van der Waals surface area contributed by atoms with Crippen molar-refractivity contribution in [1.29, 1.82) is 0 Å². The van der Waals surface area contributed by atoms with E-state index in [0.29, 0.717) is 10.4 Å². The number of rotatable bonds is 6. The number of nitrogens with one attached hydrogen (secondary N) is 1. The van der Waals surface area contributed by atoms with Gasteiger partial charge in [0.25, 0.3) is 0 Å². The summed E-state index contributed by atoms with van der Waals surface area (Å²) in [5.74, 6) is 0. The molecule has 0 aliphatic heterocycles. The first kappa shape index (κ1) is 16.4. The van der Waals surface area contributed by atoms with Gasteiger partial charge in [-0.15, -0.1) is 11.3 Å². The second-order valence-corrected chi connectivity index (χ2v) is 6.66. The first-order valence-electron chi connectivity index (χ1n) is 5.51. The highest BCUT2D eigenvalue weighted by molar-refractivity contribution is 7.89. The van der Waals surface area contributed by atoms with Crippen molar-refractivity contribution < 1.29 is 21.6 Å². The van der Waals surface area contributed by atoms with Gasteiger partial charge in [0.1, 0.15) is 4.90 Å². The molecule has 0 unspecified atom stereocenters. The van der Waals surface area contributed by atoms with Gasteiger partial charge in [0, 0.05) is 24.4 Å². The molecule has 3 N–H and O–H groups in total. The lowest BCUT2D eigenvalue weighted by molar-refractivity contribution is -0.135. The molecule has 9 heteroatoms. The van der Waals surface area contributed by atoms with Crippen LogP contribution in [0.1, 0.15) is 23.3 Å². The number of hydrogen-bond acceptors (Lipinski definition) is 4. The number of alkyl halides is 3. The highest BCUT2D eigenvalue weighted by atomic mass is 32.2. The van der Waals surface area contributed by atoms with Crippen LogP contribution in [0.5, 0.6) is 0 Å². The minimum absolute atomic E-state index is 0.0807. The molecule has 1 heterocycles. The second-order valence-electron chi connectivity index (χ2n) is 3.99. The normalized spacial score (nSPS) is 12.9. The Bertz CT molecular complexity index is 523. The number of halogens is 3. The maximum Gasteiger partial charge on any atom is 0.389 e. The van der Waals surface area contributed by atoms with Gasteiger partial charge in [-0.3, -0.25) is 0 Å². The molecule has 0 aliphatic carbocycles. The molecule has 0 saturated carbocycles. The Hall–Kier alpha value is -0.640. The van der Waals surface area contributed by atoms with Gasteiger partial charge in [-0.1, -0.05) is 0 Å².